The average molecular weight is 182 g/mol. The molecule has 5 nitrogen and oxygen atoms in total. The van der Waals surface area contributed by atoms with Gasteiger partial charge in [-0.05, 0) is 19.3 Å². The summed E-state index contributed by atoms with van der Waals surface area (Å²) < 4.78 is 0. The van der Waals surface area contributed by atoms with Crippen LogP contribution in [0.3, 0.4) is 0 Å². The number of aliphatic carboxylic acids is 1. The molecule has 70 valence electrons. The Morgan fingerprint density at radius 1 is 1.38 bits per heavy atom. The Balaban J connectivity index is 1.92. The lowest BCUT2D eigenvalue weighted by molar-refractivity contribution is -0.137. The molecular weight excluding hydrogens is 170 g/mol. The van der Waals surface area contributed by atoms with Gasteiger partial charge in [-0.25, -0.2) is 0 Å². The van der Waals surface area contributed by atoms with Crippen LogP contribution >= 0.6 is 0 Å². The molecule has 0 aromatic rings. The molecule has 0 amide bonds. The van der Waals surface area contributed by atoms with Gasteiger partial charge in [-0.15, -0.1) is 0 Å². The van der Waals surface area contributed by atoms with Gasteiger partial charge in [0.15, 0.2) is 0 Å². The molecule has 1 rings (SSSR count). The third kappa shape index (κ3) is 4.25. The van der Waals surface area contributed by atoms with Gasteiger partial charge in [-0.3, -0.25) is 4.79 Å². The summed E-state index contributed by atoms with van der Waals surface area (Å²) in [6, 6.07) is 0.885. The van der Waals surface area contributed by atoms with Crippen LogP contribution in [0.25, 0.3) is 0 Å². The van der Waals surface area contributed by atoms with Crippen LogP contribution in [0.4, 0.5) is 0 Å². The molecule has 0 fully saturated rings. The highest BCUT2D eigenvalue weighted by Gasteiger charge is 2.21. The van der Waals surface area contributed by atoms with Crippen molar-refractivity contribution in [2.24, 2.45) is 15.4 Å². The van der Waals surface area contributed by atoms with Crippen LogP contribution in [0.2, 0.25) is 0 Å². The molecule has 5 heteroatoms. The van der Waals surface area contributed by atoms with E-state index in [0.717, 1.165) is 31.7 Å². The summed E-state index contributed by atoms with van der Waals surface area (Å²) in [6.07, 6.45) is 5.33. The number of unbranched alkanes of at least 4 members (excludes halogenated alkanes) is 2. The zero-order valence-electron chi connectivity index (χ0n) is 7.31. The highest BCUT2D eigenvalue weighted by molar-refractivity contribution is 5.74. The topological polar surface area (TPSA) is 74.4 Å². The predicted octanol–water partition coefficient (Wildman–Crippen LogP) is 2.01. The highest BCUT2D eigenvalue weighted by Crippen LogP contribution is 2.15. The van der Waals surface area contributed by atoms with Gasteiger partial charge in [0.1, 0.15) is 6.42 Å². The van der Waals surface area contributed by atoms with E-state index in [1.165, 1.54) is 0 Å². The molecule has 1 aliphatic rings. The fraction of sp³-hybridized carbons (Fsp3) is 0.625. The molecule has 0 saturated carbocycles. The molecule has 0 atom stereocenters. The minimum absolute atomic E-state index is 0.255. The standard InChI is InChI=1S/C8H11N3O2/c12-8(13)5-3-1-2-4-7-6-9-11-10-7/h6H,1-5H2/p+1. The number of hydrogen-bond acceptors (Lipinski definition) is 4. The smallest absolute Gasteiger partial charge is 0.303 e. The Morgan fingerprint density at radius 3 is 2.85 bits per heavy atom. The van der Waals surface area contributed by atoms with Crippen molar-refractivity contribution in [3.8, 4) is 0 Å². The molecule has 0 saturated heterocycles. The number of carbonyl (C=O) groups is 1. The van der Waals surface area contributed by atoms with Gasteiger partial charge in [0, 0.05) is 11.6 Å². The van der Waals surface area contributed by atoms with E-state index < -0.39 is 5.97 Å². The Kier molecular flexibility index (Phi) is 3.95. The summed E-state index contributed by atoms with van der Waals surface area (Å²) in [5, 5.41) is 19.2. The van der Waals surface area contributed by atoms with E-state index in [-0.39, 0.29) is 6.42 Å². The van der Waals surface area contributed by atoms with Gasteiger partial charge in [-0.1, -0.05) is 5.10 Å². The molecule has 0 aliphatic carbocycles. The van der Waals surface area contributed by atoms with Crippen LogP contribution in [-0.4, -0.2) is 17.3 Å². The van der Waals surface area contributed by atoms with Gasteiger partial charge < -0.3 is 5.11 Å². The van der Waals surface area contributed by atoms with Crippen molar-refractivity contribution in [2.75, 3.05) is 0 Å². The quantitative estimate of drug-likeness (QED) is 0.504. The summed E-state index contributed by atoms with van der Waals surface area (Å²) in [6.45, 7) is 0. The summed E-state index contributed by atoms with van der Waals surface area (Å²) >= 11 is 0. The predicted molar refractivity (Wildman–Crippen MR) is 47.3 cm³/mol. The van der Waals surface area contributed by atoms with Crippen LogP contribution in [-0.2, 0) is 4.79 Å². The molecule has 0 radical (unpaired) electrons. The molecule has 0 aromatic carbocycles. The van der Waals surface area contributed by atoms with Crippen molar-refractivity contribution >= 4 is 12.2 Å². The van der Waals surface area contributed by atoms with E-state index >= 15 is 0 Å². The van der Waals surface area contributed by atoms with Crippen molar-refractivity contribution in [3.05, 3.63) is 6.04 Å². The van der Waals surface area contributed by atoms with Crippen LogP contribution in [0.15, 0.2) is 15.4 Å². The lowest BCUT2D eigenvalue weighted by atomic mass is 10.1. The molecule has 1 heterocycles. The van der Waals surface area contributed by atoms with Crippen molar-refractivity contribution in [1.82, 2.24) is 0 Å². The van der Waals surface area contributed by atoms with Gasteiger partial charge >= 0.3 is 5.97 Å². The van der Waals surface area contributed by atoms with E-state index in [0.29, 0.717) is 0 Å². The molecular formula is C8H12N3O2+. The van der Waals surface area contributed by atoms with Gasteiger partial charge in [-0.2, -0.15) is 0 Å². The van der Waals surface area contributed by atoms with Crippen molar-refractivity contribution in [1.29, 1.82) is 0 Å². The maximum Gasteiger partial charge on any atom is 0.303 e. The molecule has 0 bridgehead atoms. The largest absolute Gasteiger partial charge is 0.481 e. The summed E-state index contributed by atoms with van der Waals surface area (Å²) in [5.74, 6) is -0.727. The fourth-order valence-electron chi connectivity index (χ4n) is 1.08. The fourth-order valence-corrected chi connectivity index (χ4v) is 1.08. The molecule has 0 unspecified atom stereocenters. The van der Waals surface area contributed by atoms with Gasteiger partial charge in [0.25, 0.3) is 6.04 Å². The van der Waals surface area contributed by atoms with Crippen LogP contribution in [0, 0.1) is 6.04 Å². The lowest BCUT2D eigenvalue weighted by Gasteiger charge is -1.93. The van der Waals surface area contributed by atoms with Gasteiger partial charge in [0.2, 0.25) is 6.21 Å². The minimum atomic E-state index is -0.727. The third-order valence-corrected chi connectivity index (χ3v) is 1.76. The number of hydrogen-bond donors (Lipinski definition) is 1. The molecule has 1 aliphatic heterocycles. The summed E-state index contributed by atoms with van der Waals surface area (Å²) in [4.78, 5) is 10.2. The Bertz CT molecular complexity index is 213. The Hall–Kier alpha value is -1.39. The number of rotatable bonds is 6. The maximum absolute atomic E-state index is 10.2. The SMILES string of the molecule is O=C(O)CCCCC[C+]1C=NN=N1. The van der Waals surface area contributed by atoms with Crippen LogP contribution in [0.1, 0.15) is 32.1 Å². The summed E-state index contributed by atoms with van der Waals surface area (Å²) in [7, 11) is 0. The second-order valence-electron chi connectivity index (χ2n) is 2.88. The summed E-state index contributed by atoms with van der Waals surface area (Å²) in [5.41, 5.74) is 0. The number of carboxylic acids is 1. The lowest BCUT2D eigenvalue weighted by Crippen LogP contribution is -1.95. The van der Waals surface area contributed by atoms with E-state index in [2.05, 4.69) is 15.4 Å². The molecule has 1 N–H and O–H groups in total. The first-order valence-electron chi connectivity index (χ1n) is 4.31. The second-order valence-corrected chi connectivity index (χ2v) is 2.88. The first-order chi connectivity index (χ1) is 6.29. The Morgan fingerprint density at radius 2 is 2.23 bits per heavy atom. The molecule has 0 spiro atoms. The van der Waals surface area contributed by atoms with E-state index in [4.69, 9.17) is 5.11 Å². The van der Waals surface area contributed by atoms with Crippen molar-refractivity contribution < 1.29 is 9.90 Å². The zero-order valence-corrected chi connectivity index (χ0v) is 7.31. The number of nitrogens with zero attached hydrogens (tertiary/aromatic N) is 3. The maximum atomic E-state index is 10.2. The minimum Gasteiger partial charge on any atom is -0.481 e. The number of carboxylic acid groups (broad SMARTS) is 1. The average Bonchev–Trinajstić information content (AvgIpc) is 2.55. The Labute approximate surface area is 76.6 Å². The van der Waals surface area contributed by atoms with Crippen LogP contribution in [0.5, 0.6) is 0 Å². The van der Waals surface area contributed by atoms with E-state index in [9.17, 15) is 4.79 Å². The van der Waals surface area contributed by atoms with Crippen molar-refractivity contribution in [3.63, 3.8) is 0 Å². The van der Waals surface area contributed by atoms with Gasteiger partial charge in [0.05, 0.1) is 5.11 Å². The third-order valence-electron chi connectivity index (χ3n) is 1.76. The highest BCUT2D eigenvalue weighted by atomic mass is 16.4. The zero-order chi connectivity index (χ0) is 9.52. The van der Waals surface area contributed by atoms with Crippen LogP contribution < -0.4 is 0 Å². The molecule has 0 aromatic heterocycles. The first kappa shape index (κ1) is 9.70. The molecule has 13 heavy (non-hydrogen) atoms. The van der Waals surface area contributed by atoms with E-state index in [1.54, 1.807) is 6.21 Å². The van der Waals surface area contributed by atoms with E-state index in [1.807, 2.05) is 0 Å². The first-order valence-corrected chi connectivity index (χ1v) is 4.31. The monoisotopic (exact) mass is 182 g/mol. The normalized spacial score (nSPS) is 14.0. The van der Waals surface area contributed by atoms with Crippen molar-refractivity contribution in [2.45, 2.75) is 32.1 Å². The second kappa shape index (κ2) is 5.29.